The lowest BCUT2D eigenvalue weighted by Gasteiger charge is -2.04. The van der Waals surface area contributed by atoms with E-state index in [-0.39, 0.29) is 5.91 Å². The van der Waals surface area contributed by atoms with E-state index >= 15 is 0 Å². The average molecular weight is 260 g/mol. The quantitative estimate of drug-likeness (QED) is 0.830. The Hall–Kier alpha value is -1.81. The average Bonchev–Trinajstić information content (AvgIpc) is 2.79. The molecule has 1 heterocycles. The monoisotopic (exact) mass is 260 g/mol. The molecule has 18 heavy (non-hydrogen) atoms. The van der Waals surface area contributed by atoms with Crippen LogP contribution in [0.3, 0.4) is 0 Å². The van der Waals surface area contributed by atoms with Crippen molar-refractivity contribution >= 4 is 28.6 Å². The topological polar surface area (TPSA) is 55.1 Å². The molecule has 0 spiro atoms. The van der Waals surface area contributed by atoms with Crippen LogP contribution in [0.1, 0.15) is 17.4 Å². The summed E-state index contributed by atoms with van der Waals surface area (Å²) in [6.07, 6.45) is 1.44. The number of rotatable bonds is 4. The molecule has 0 saturated heterocycles. The fourth-order valence-electron chi connectivity index (χ4n) is 1.63. The van der Waals surface area contributed by atoms with Gasteiger partial charge in [-0.1, -0.05) is 6.92 Å². The lowest BCUT2D eigenvalue weighted by Crippen LogP contribution is -2.13. The first kappa shape index (κ1) is 12.6. The van der Waals surface area contributed by atoms with Crippen molar-refractivity contribution in [1.82, 2.24) is 0 Å². The molecular formula is C14H16N2OS. The zero-order valence-corrected chi connectivity index (χ0v) is 11.1. The molecule has 94 valence electrons. The molecule has 1 aromatic carbocycles. The molecule has 0 fully saturated rings. The number of nitrogens with two attached hydrogens (primary N) is 1. The molecule has 3 nitrogen and oxygen atoms in total. The number of nitrogen functional groups attached to an aromatic ring is 1. The van der Waals surface area contributed by atoms with E-state index in [0.717, 1.165) is 17.0 Å². The van der Waals surface area contributed by atoms with Crippen molar-refractivity contribution in [2.75, 3.05) is 11.1 Å². The summed E-state index contributed by atoms with van der Waals surface area (Å²) >= 11 is 1.63. The highest BCUT2D eigenvalue weighted by atomic mass is 32.1. The molecule has 0 atom stereocenters. The van der Waals surface area contributed by atoms with Gasteiger partial charge in [0.2, 0.25) is 5.91 Å². The largest absolute Gasteiger partial charge is 0.399 e. The van der Waals surface area contributed by atoms with Gasteiger partial charge >= 0.3 is 0 Å². The second-order valence-corrected chi connectivity index (χ2v) is 5.12. The lowest BCUT2D eigenvalue weighted by molar-refractivity contribution is -0.115. The Morgan fingerprint density at radius 2 is 2.06 bits per heavy atom. The minimum Gasteiger partial charge on any atom is -0.399 e. The van der Waals surface area contributed by atoms with E-state index in [0.29, 0.717) is 12.1 Å². The van der Waals surface area contributed by atoms with Crippen LogP contribution in [-0.2, 0) is 17.6 Å². The molecule has 1 amide bonds. The van der Waals surface area contributed by atoms with Gasteiger partial charge in [0.05, 0.1) is 6.42 Å². The van der Waals surface area contributed by atoms with E-state index in [1.54, 1.807) is 35.6 Å². The number of hydrogen-bond donors (Lipinski definition) is 2. The number of benzene rings is 1. The number of amides is 1. The fraction of sp³-hybridized carbons (Fsp3) is 0.214. The number of nitrogens with one attached hydrogen (secondary N) is 1. The van der Waals surface area contributed by atoms with E-state index in [9.17, 15) is 4.79 Å². The minimum absolute atomic E-state index is 0.00396. The van der Waals surface area contributed by atoms with Crippen molar-refractivity contribution in [1.29, 1.82) is 0 Å². The molecular weight excluding hydrogens is 244 g/mol. The van der Waals surface area contributed by atoms with Crippen LogP contribution in [0, 0.1) is 0 Å². The Morgan fingerprint density at radius 3 is 2.67 bits per heavy atom. The van der Waals surface area contributed by atoms with Crippen molar-refractivity contribution in [2.45, 2.75) is 19.8 Å². The Bertz CT molecular complexity index is 531. The summed E-state index contributed by atoms with van der Waals surface area (Å²) in [5.41, 5.74) is 8.35. The summed E-state index contributed by atoms with van der Waals surface area (Å²) in [7, 11) is 0. The summed E-state index contributed by atoms with van der Waals surface area (Å²) in [6.45, 7) is 2.11. The molecule has 0 radical (unpaired) electrons. The van der Waals surface area contributed by atoms with Gasteiger partial charge in [0.1, 0.15) is 0 Å². The molecule has 0 aliphatic carbocycles. The summed E-state index contributed by atoms with van der Waals surface area (Å²) in [5, 5.41) is 4.96. The number of hydrogen-bond acceptors (Lipinski definition) is 3. The number of carbonyl (C=O) groups excluding carboxylic acids is 1. The standard InChI is InChI=1S/C14H16N2OS/c1-2-10-7-13(18-9-10)8-14(17)16-12-5-3-11(15)4-6-12/h3-7,9H,2,8,15H2,1H3,(H,16,17). The molecule has 0 aliphatic rings. The zero-order chi connectivity index (χ0) is 13.0. The third kappa shape index (κ3) is 3.34. The molecule has 1 aromatic heterocycles. The van der Waals surface area contributed by atoms with Gasteiger partial charge in [-0.3, -0.25) is 4.79 Å². The summed E-state index contributed by atoms with van der Waals surface area (Å²) in [4.78, 5) is 12.9. The van der Waals surface area contributed by atoms with Gasteiger partial charge in [0.15, 0.2) is 0 Å². The number of thiophene rings is 1. The van der Waals surface area contributed by atoms with Gasteiger partial charge in [-0.25, -0.2) is 0 Å². The van der Waals surface area contributed by atoms with Gasteiger partial charge in [-0.15, -0.1) is 11.3 Å². The molecule has 2 rings (SSSR count). The summed E-state index contributed by atoms with van der Waals surface area (Å²) in [6, 6.07) is 9.25. The first-order valence-electron chi connectivity index (χ1n) is 5.89. The van der Waals surface area contributed by atoms with E-state index < -0.39 is 0 Å². The smallest absolute Gasteiger partial charge is 0.229 e. The maximum absolute atomic E-state index is 11.8. The van der Waals surface area contributed by atoms with Crippen LogP contribution in [0.2, 0.25) is 0 Å². The van der Waals surface area contributed by atoms with Gasteiger partial charge in [0.25, 0.3) is 0 Å². The van der Waals surface area contributed by atoms with Crippen LogP contribution in [-0.4, -0.2) is 5.91 Å². The molecule has 0 unspecified atom stereocenters. The minimum atomic E-state index is 0.00396. The number of aryl methyl sites for hydroxylation is 1. The van der Waals surface area contributed by atoms with Crippen LogP contribution in [0.25, 0.3) is 0 Å². The van der Waals surface area contributed by atoms with Gasteiger partial charge in [-0.2, -0.15) is 0 Å². The molecule has 3 N–H and O–H groups in total. The normalized spacial score (nSPS) is 10.3. The predicted molar refractivity (Wildman–Crippen MR) is 76.9 cm³/mol. The second kappa shape index (κ2) is 5.69. The highest BCUT2D eigenvalue weighted by molar-refractivity contribution is 7.10. The van der Waals surface area contributed by atoms with Gasteiger partial charge in [-0.05, 0) is 47.7 Å². The fourth-order valence-corrected chi connectivity index (χ4v) is 2.61. The van der Waals surface area contributed by atoms with Crippen LogP contribution < -0.4 is 11.1 Å². The number of anilines is 2. The first-order chi connectivity index (χ1) is 8.67. The van der Waals surface area contributed by atoms with Crippen molar-refractivity contribution < 1.29 is 4.79 Å². The Kier molecular flexibility index (Phi) is 3.99. The Balaban J connectivity index is 1.94. The third-order valence-corrected chi connectivity index (χ3v) is 3.63. The van der Waals surface area contributed by atoms with Gasteiger partial charge in [0, 0.05) is 16.3 Å². The van der Waals surface area contributed by atoms with E-state index in [2.05, 4.69) is 23.7 Å². The lowest BCUT2D eigenvalue weighted by atomic mass is 10.2. The van der Waals surface area contributed by atoms with Gasteiger partial charge < -0.3 is 11.1 Å². The van der Waals surface area contributed by atoms with Crippen LogP contribution in [0.15, 0.2) is 35.7 Å². The molecule has 2 aromatic rings. The maximum atomic E-state index is 11.8. The zero-order valence-electron chi connectivity index (χ0n) is 10.3. The summed E-state index contributed by atoms with van der Waals surface area (Å²) in [5.74, 6) is 0.00396. The molecule has 0 bridgehead atoms. The van der Waals surface area contributed by atoms with Crippen molar-refractivity contribution in [3.63, 3.8) is 0 Å². The second-order valence-electron chi connectivity index (χ2n) is 4.12. The maximum Gasteiger partial charge on any atom is 0.229 e. The first-order valence-corrected chi connectivity index (χ1v) is 6.77. The van der Waals surface area contributed by atoms with Crippen molar-refractivity contribution in [2.24, 2.45) is 0 Å². The van der Waals surface area contributed by atoms with E-state index in [1.807, 2.05) is 0 Å². The Labute approximate surface area is 111 Å². The van der Waals surface area contributed by atoms with E-state index in [1.165, 1.54) is 5.56 Å². The number of carbonyl (C=O) groups is 1. The highest BCUT2D eigenvalue weighted by Crippen LogP contribution is 2.17. The molecule has 0 aliphatic heterocycles. The SMILES string of the molecule is CCc1csc(CC(=O)Nc2ccc(N)cc2)c1. The summed E-state index contributed by atoms with van der Waals surface area (Å²) < 4.78 is 0. The Morgan fingerprint density at radius 1 is 1.33 bits per heavy atom. The van der Waals surface area contributed by atoms with Crippen LogP contribution in [0.5, 0.6) is 0 Å². The molecule has 4 heteroatoms. The third-order valence-electron chi connectivity index (χ3n) is 2.65. The molecule has 0 saturated carbocycles. The van der Waals surface area contributed by atoms with Crippen LogP contribution >= 0.6 is 11.3 Å². The van der Waals surface area contributed by atoms with Crippen molar-refractivity contribution in [3.8, 4) is 0 Å². The predicted octanol–water partition coefficient (Wildman–Crippen LogP) is 3.07. The highest BCUT2D eigenvalue weighted by Gasteiger charge is 2.06. The van der Waals surface area contributed by atoms with Crippen LogP contribution in [0.4, 0.5) is 11.4 Å². The van der Waals surface area contributed by atoms with E-state index in [4.69, 9.17) is 5.73 Å². The van der Waals surface area contributed by atoms with Crippen molar-refractivity contribution in [3.05, 3.63) is 46.2 Å².